The van der Waals surface area contributed by atoms with Crippen molar-refractivity contribution in [3.63, 3.8) is 0 Å². The minimum Gasteiger partial charge on any atom is -0.503 e. The molecule has 4 aromatic rings. The highest BCUT2D eigenvalue weighted by Gasteiger charge is 2.14. The lowest BCUT2D eigenvalue weighted by molar-refractivity contribution is 0.372. The molecule has 8 nitrogen and oxygen atoms in total. The first kappa shape index (κ1) is 23.5. The Morgan fingerprint density at radius 1 is 1.06 bits per heavy atom. The molecule has 174 valence electrons. The number of aromatic nitrogens is 2. The number of thiazole rings is 1. The number of rotatable bonds is 7. The zero-order chi connectivity index (χ0) is 24.1. The van der Waals surface area contributed by atoms with E-state index in [0.717, 1.165) is 16.8 Å². The van der Waals surface area contributed by atoms with Crippen molar-refractivity contribution < 1.29 is 19.3 Å². The van der Waals surface area contributed by atoms with Crippen molar-refractivity contribution in [2.45, 2.75) is 0 Å². The van der Waals surface area contributed by atoms with E-state index in [0.29, 0.717) is 32.2 Å². The van der Waals surface area contributed by atoms with Crippen molar-refractivity contribution in [3.05, 3.63) is 75.1 Å². The van der Waals surface area contributed by atoms with Gasteiger partial charge in [-0.1, -0.05) is 0 Å². The van der Waals surface area contributed by atoms with Crippen LogP contribution in [0.25, 0.3) is 11.3 Å². The summed E-state index contributed by atoms with van der Waals surface area (Å²) in [4.78, 5) is 9.50. The highest BCUT2D eigenvalue weighted by molar-refractivity contribution is 9.10. The van der Waals surface area contributed by atoms with Crippen molar-refractivity contribution in [2.75, 3.05) is 21.3 Å². The Morgan fingerprint density at radius 3 is 2.59 bits per heavy atom. The third-order valence-corrected chi connectivity index (χ3v) is 6.25. The number of nitrogens with zero attached hydrogens (tertiary/aromatic N) is 4. The van der Waals surface area contributed by atoms with Gasteiger partial charge in [-0.05, 0) is 57.9 Å². The molecule has 1 N–H and O–H groups in total. The van der Waals surface area contributed by atoms with Gasteiger partial charge in [-0.3, -0.25) is 4.98 Å². The van der Waals surface area contributed by atoms with Crippen molar-refractivity contribution in [3.8, 4) is 34.3 Å². The number of phenols is 1. The maximum Gasteiger partial charge on any atom is 0.211 e. The van der Waals surface area contributed by atoms with Gasteiger partial charge in [0, 0.05) is 23.2 Å². The Kier molecular flexibility index (Phi) is 7.29. The Bertz CT molecular complexity index is 1400. The van der Waals surface area contributed by atoms with Crippen LogP contribution < -0.4 is 19.0 Å². The summed E-state index contributed by atoms with van der Waals surface area (Å²) in [7, 11) is 4.72. The molecular weight excluding hydrogens is 520 g/mol. The SMILES string of the molecule is COc1ccc(-c2csc(=Nc3cccnc3)n2N=Cc2cc(Br)c(O)c(OC)c2)c(OC)c1. The van der Waals surface area contributed by atoms with Crippen molar-refractivity contribution in [2.24, 2.45) is 10.1 Å². The molecule has 0 aliphatic rings. The van der Waals surface area contributed by atoms with Gasteiger partial charge in [0.2, 0.25) is 4.80 Å². The normalized spacial score (nSPS) is 11.7. The van der Waals surface area contributed by atoms with Crippen LogP contribution in [0.1, 0.15) is 5.56 Å². The lowest BCUT2D eigenvalue weighted by Gasteiger charge is -2.11. The standard InChI is InChI=1S/C24H21BrN4O4S/c1-31-17-6-7-18(21(11-17)32-2)20-14-34-24(28-16-5-4-8-26-13-16)29(20)27-12-15-9-19(25)23(30)22(10-15)33-3/h4-14,30H,1-3H3. The third kappa shape index (κ3) is 4.97. The largest absolute Gasteiger partial charge is 0.503 e. The van der Waals surface area contributed by atoms with E-state index in [1.807, 2.05) is 35.7 Å². The molecule has 10 heteroatoms. The van der Waals surface area contributed by atoms with Crippen LogP contribution in [0, 0.1) is 0 Å². The van der Waals surface area contributed by atoms with E-state index < -0.39 is 0 Å². The minimum atomic E-state index is 0.0266. The highest BCUT2D eigenvalue weighted by atomic mass is 79.9. The van der Waals surface area contributed by atoms with Crippen LogP contribution in [0.15, 0.2) is 74.8 Å². The summed E-state index contributed by atoms with van der Waals surface area (Å²) in [6.45, 7) is 0. The van der Waals surface area contributed by atoms with E-state index in [-0.39, 0.29) is 5.75 Å². The topological polar surface area (TPSA) is 90.5 Å². The maximum absolute atomic E-state index is 10.1. The molecule has 0 fully saturated rings. The Morgan fingerprint density at radius 2 is 1.88 bits per heavy atom. The lowest BCUT2D eigenvalue weighted by Crippen LogP contribution is -2.12. The molecule has 0 spiro atoms. The molecule has 34 heavy (non-hydrogen) atoms. The predicted molar refractivity (Wildman–Crippen MR) is 136 cm³/mol. The van der Waals surface area contributed by atoms with Gasteiger partial charge in [-0.2, -0.15) is 5.10 Å². The van der Waals surface area contributed by atoms with Crippen molar-refractivity contribution in [1.29, 1.82) is 0 Å². The summed E-state index contributed by atoms with van der Waals surface area (Å²) in [6, 6.07) is 12.7. The van der Waals surface area contributed by atoms with Gasteiger partial charge < -0.3 is 19.3 Å². The van der Waals surface area contributed by atoms with Crippen LogP contribution in [-0.4, -0.2) is 42.3 Å². The van der Waals surface area contributed by atoms with E-state index in [1.54, 1.807) is 49.6 Å². The van der Waals surface area contributed by atoms with Gasteiger partial charge in [0.1, 0.15) is 11.5 Å². The molecule has 0 saturated heterocycles. The van der Waals surface area contributed by atoms with Crippen molar-refractivity contribution >= 4 is 39.2 Å². The van der Waals surface area contributed by atoms with Crippen LogP contribution in [-0.2, 0) is 0 Å². The van der Waals surface area contributed by atoms with Gasteiger partial charge >= 0.3 is 0 Å². The fourth-order valence-electron chi connectivity index (χ4n) is 3.16. The average Bonchev–Trinajstić information content (AvgIpc) is 3.26. The van der Waals surface area contributed by atoms with Gasteiger partial charge in [0.15, 0.2) is 11.5 Å². The number of halogens is 1. The van der Waals surface area contributed by atoms with E-state index in [9.17, 15) is 5.11 Å². The maximum atomic E-state index is 10.1. The first-order chi connectivity index (χ1) is 16.5. The monoisotopic (exact) mass is 540 g/mol. The zero-order valence-corrected chi connectivity index (χ0v) is 21.0. The van der Waals surface area contributed by atoms with E-state index in [2.05, 4.69) is 20.9 Å². The van der Waals surface area contributed by atoms with E-state index >= 15 is 0 Å². The summed E-state index contributed by atoms with van der Waals surface area (Å²) in [6.07, 6.45) is 5.05. The summed E-state index contributed by atoms with van der Waals surface area (Å²) in [5.41, 5.74) is 3.04. The second kappa shape index (κ2) is 10.5. The van der Waals surface area contributed by atoms with E-state index in [4.69, 9.17) is 24.3 Å². The fourth-order valence-corrected chi connectivity index (χ4v) is 4.47. The van der Waals surface area contributed by atoms with Crippen LogP contribution in [0.3, 0.4) is 0 Å². The fraction of sp³-hybridized carbons (Fsp3) is 0.125. The third-order valence-electron chi connectivity index (χ3n) is 4.83. The molecule has 0 bridgehead atoms. The van der Waals surface area contributed by atoms with Gasteiger partial charge in [0.25, 0.3) is 0 Å². The molecular formula is C24H21BrN4O4S. The number of pyridine rings is 1. The number of methoxy groups -OCH3 is 3. The molecule has 2 heterocycles. The van der Waals surface area contributed by atoms with Crippen LogP contribution in [0.5, 0.6) is 23.0 Å². The first-order valence-electron chi connectivity index (χ1n) is 10.0. The quantitative estimate of drug-likeness (QED) is 0.324. The van der Waals surface area contributed by atoms with Crippen LogP contribution >= 0.6 is 27.3 Å². The number of hydrogen-bond donors (Lipinski definition) is 1. The second-order valence-electron chi connectivity index (χ2n) is 6.90. The molecule has 0 aliphatic heterocycles. The molecule has 0 radical (unpaired) electrons. The summed E-state index contributed by atoms with van der Waals surface area (Å²) in [5, 5.41) is 16.8. The molecule has 0 atom stereocenters. The van der Waals surface area contributed by atoms with E-state index in [1.165, 1.54) is 18.4 Å². The summed E-state index contributed by atoms with van der Waals surface area (Å²) < 4.78 is 18.4. The first-order valence-corrected chi connectivity index (χ1v) is 11.7. The number of aromatic hydroxyl groups is 1. The molecule has 0 amide bonds. The van der Waals surface area contributed by atoms with Crippen LogP contribution in [0.2, 0.25) is 0 Å². The number of phenolic OH excluding ortho intramolecular Hbond substituents is 1. The molecule has 2 aromatic carbocycles. The predicted octanol–water partition coefficient (Wildman–Crippen LogP) is 5.22. The second-order valence-corrected chi connectivity index (χ2v) is 8.59. The smallest absolute Gasteiger partial charge is 0.211 e. The molecule has 4 rings (SSSR count). The number of benzene rings is 2. The van der Waals surface area contributed by atoms with Crippen LogP contribution in [0.4, 0.5) is 5.69 Å². The Labute approximate surface area is 208 Å². The van der Waals surface area contributed by atoms with Gasteiger partial charge in [-0.25, -0.2) is 9.67 Å². The molecule has 0 aliphatic carbocycles. The molecule has 0 saturated carbocycles. The Balaban J connectivity index is 1.88. The average molecular weight is 541 g/mol. The Hall–Kier alpha value is -3.63. The lowest BCUT2D eigenvalue weighted by atomic mass is 10.1. The van der Waals surface area contributed by atoms with Crippen molar-refractivity contribution in [1.82, 2.24) is 9.66 Å². The van der Waals surface area contributed by atoms with Gasteiger partial charge in [0.05, 0.1) is 49.6 Å². The highest BCUT2D eigenvalue weighted by Crippen LogP contribution is 2.35. The minimum absolute atomic E-state index is 0.0266. The number of ether oxygens (including phenoxy) is 3. The number of hydrogen-bond acceptors (Lipinski definition) is 8. The molecule has 2 aromatic heterocycles. The zero-order valence-electron chi connectivity index (χ0n) is 18.6. The summed E-state index contributed by atoms with van der Waals surface area (Å²) >= 11 is 4.79. The molecule has 0 unspecified atom stereocenters. The summed E-state index contributed by atoms with van der Waals surface area (Å²) in [5.74, 6) is 1.69. The van der Waals surface area contributed by atoms with Gasteiger partial charge in [-0.15, -0.1) is 11.3 Å².